The molecule has 1 amide bonds. The molecule has 0 aliphatic rings. The van der Waals surface area contributed by atoms with E-state index in [1.165, 1.54) is 48.7 Å². The van der Waals surface area contributed by atoms with Crippen LogP contribution in [0.4, 0.5) is 17.2 Å². The number of anilines is 3. The Hall–Kier alpha value is -4.22. The molecule has 4 aromatic rings. The second-order valence-corrected chi connectivity index (χ2v) is 11.1. The molecule has 0 aliphatic carbocycles. The fourth-order valence-corrected chi connectivity index (χ4v) is 5.63. The number of hydrogen-bond acceptors (Lipinski definition) is 6. The van der Waals surface area contributed by atoms with E-state index in [0.29, 0.717) is 16.9 Å². The first-order chi connectivity index (χ1) is 17.1. The lowest BCUT2D eigenvalue weighted by molar-refractivity contribution is 0.102. The number of rotatable bonds is 8. The lowest BCUT2D eigenvalue weighted by Gasteiger charge is -2.12. The lowest BCUT2D eigenvalue weighted by atomic mass is 10.1. The second-order valence-electron chi connectivity index (χ2n) is 7.75. The number of pyridine rings is 1. The molecule has 1 heterocycles. The third-order valence-electron chi connectivity index (χ3n) is 5.09. The lowest BCUT2D eigenvalue weighted by Crippen LogP contribution is -2.17. The van der Waals surface area contributed by atoms with Crippen LogP contribution in [0.3, 0.4) is 0 Å². The van der Waals surface area contributed by atoms with Crippen LogP contribution in [0, 0.1) is 6.92 Å². The number of para-hydroxylation sites is 1. The van der Waals surface area contributed by atoms with E-state index in [1.807, 2.05) is 0 Å². The average molecular weight is 523 g/mol. The quantitative estimate of drug-likeness (QED) is 0.317. The summed E-state index contributed by atoms with van der Waals surface area (Å²) in [5.41, 5.74) is 1.34. The highest BCUT2D eigenvalue weighted by atomic mass is 32.2. The molecule has 184 valence electrons. The highest BCUT2D eigenvalue weighted by Gasteiger charge is 2.20. The minimum Gasteiger partial charge on any atom is -0.322 e. The highest BCUT2D eigenvalue weighted by Crippen LogP contribution is 2.22. The van der Waals surface area contributed by atoms with Crippen molar-refractivity contribution < 1.29 is 21.6 Å². The minimum absolute atomic E-state index is 0.0122. The number of nitrogens with zero attached hydrogens (tertiary/aromatic N) is 1. The summed E-state index contributed by atoms with van der Waals surface area (Å²) >= 11 is 0. The Labute approximate surface area is 209 Å². The summed E-state index contributed by atoms with van der Waals surface area (Å²) in [5.74, 6) is -0.366. The zero-order chi connectivity index (χ0) is 25.8. The Morgan fingerprint density at radius 1 is 0.722 bits per heavy atom. The fraction of sp³-hybridized carbons (Fsp3) is 0.0400. The van der Waals surface area contributed by atoms with E-state index in [1.54, 1.807) is 55.5 Å². The molecule has 11 heteroatoms. The number of benzene rings is 3. The van der Waals surface area contributed by atoms with Gasteiger partial charge in [-0.05, 0) is 73.2 Å². The van der Waals surface area contributed by atoms with Crippen LogP contribution >= 0.6 is 0 Å². The first-order valence-corrected chi connectivity index (χ1v) is 13.6. The molecule has 0 fully saturated rings. The van der Waals surface area contributed by atoms with Crippen LogP contribution in [0.25, 0.3) is 0 Å². The van der Waals surface area contributed by atoms with Crippen LogP contribution in [-0.2, 0) is 20.0 Å². The summed E-state index contributed by atoms with van der Waals surface area (Å²) in [5, 5.41) is 2.65. The molecule has 0 atom stereocenters. The minimum atomic E-state index is -3.93. The first-order valence-electron chi connectivity index (χ1n) is 10.7. The van der Waals surface area contributed by atoms with E-state index < -0.39 is 26.0 Å². The fourth-order valence-electron chi connectivity index (χ4n) is 3.29. The normalized spacial score (nSPS) is 11.5. The maximum atomic E-state index is 12.9. The van der Waals surface area contributed by atoms with E-state index in [-0.39, 0.29) is 21.2 Å². The van der Waals surface area contributed by atoms with Gasteiger partial charge in [-0.25, -0.2) is 21.8 Å². The monoisotopic (exact) mass is 522 g/mol. The molecule has 0 saturated heterocycles. The third-order valence-corrected chi connectivity index (χ3v) is 7.99. The number of carbonyl (C=O) groups excluding carboxylic acids is 1. The number of aryl methyl sites for hydroxylation is 1. The van der Waals surface area contributed by atoms with Crippen molar-refractivity contribution in [3.63, 3.8) is 0 Å². The smallest absolute Gasteiger partial charge is 0.263 e. The van der Waals surface area contributed by atoms with Crippen molar-refractivity contribution in [3.8, 4) is 0 Å². The molecule has 36 heavy (non-hydrogen) atoms. The first kappa shape index (κ1) is 24.9. The zero-order valence-electron chi connectivity index (χ0n) is 19.0. The van der Waals surface area contributed by atoms with Gasteiger partial charge in [0.1, 0.15) is 5.82 Å². The van der Waals surface area contributed by atoms with E-state index in [2.05, 4.69) is 19.7 Å². The van der Waals surface area contributed by atoms with Gasteiger partial charge in [0, 0.05) is 23.1 Å². The van der Waals surface area contributed by atoms with Crippen LogP contribution in [0.2, 0.25) is 0 Å². The van der Waals surface area contributed by atoms with Crippen LogP contribution < -0.4 is 14.8 Å². The number of sulfonamides is 2. The van der Waals surface area contributed by atoms with Crippen LogP contribution in [0.15, 0.2) is 107 Å². The van der Waals surface area contributed by atoms with E-state index >= 15 is 0 Å². The van der Waals surface area contributed by atoms with Crippen molar-refractivity contribution in [1.29, 1.82) is 0 Å². The van der Waals surface area contributed by atoms with Gasteiger partial charge in [0.2, 0.25) is 0 Å². The summed E-state index contributed by atoms with van der Waals surface area (Å²) in [6.45, 7) is 1.64. The van der Waals surface area contributed by atoms with Gasteiger partial charge in [-0.2, -0.15) is 0 Å². The van der Waals surface area contributed by atoms with Crippen molar-refractivity contribution in [2.24, 2.45) is 0 Å². The molecule has 9 nitrogen and oxygen atoms in total. The van der Waals surface area contributed by atoms with E-state index in [4.69, 9.17) is 0 Å². The molecule has 4 rings (SSSR count). The van der Waals surface area contributed by atoms with Gasteiger partial charge >= 0.3 is 0 Å². The predicted octanol–water partition coefficient (Wildman–Crippen LogP) is 4.24. The second kappa shape index (κ2) is 10.2. The van der Waals surface area contributed by atoms with Gasteiger partial charge in [-0.15, -0.1) is 0 Å². The summed E-state index contributed by atoms with van der Waals surface area (Å²) in [7, 11) is -7.79. The summed E-state index contributed by atoms with van der Waals surface area (Å²) in [6, 6.07) is 23.2. The van der Waals surface area contributed by atoms with Crippen molar-refractivity contribution >= 4 is 43.1 Å². The Morgan fingerprint density at radius 3 is 2.08 bits per heavy atom. The van der Waals surface area contributed by atoms with Gasteiger partial charge in [-0.3, -0.25) is 14.2 Å². The maximum Gasteiger partial charge on any atom is 0.263 e. The van der Waals surface area contributed by atoms with Crippen LogP contribution in [0.1, 0.15) is 15.9 Å². The van der Waals surface area contributed by atoms with Gasteiger partial charge < -0.3 is 5.32 Å². The standard InChI is InChI=1S/C25H22N4O5S2/c1-18-10-11-19(17-23(18)36(33,34)28-21-7-3-2-4-8-21)25(30)27-20-12-14-22(15-13-20)35(31,32)29-24-9-5-6-16-26-24/h2-17,28H,1H3,(H,26,29)(H,27,30). The molecule has 0 aliphatic heterocycles. The van der Waals surface area contributed by atoms with Gasteiger partial charge in [0.25, 0.3) is 26.0 Å². The predicted molar refractivity (Wildman–Crippen MR) is 138 cm³/mol. The van der Waals surface area contributed by atoms with Gasteiger partial charge in [0.15, 0.2) is 0 Å². The SMILES string of the molecule is Cc1ccc(C(=O)Nc2ccc(S(=O)(=O)Nc3ccccn3)cc2)cc1S(=O)(=O)Nc1ccccc1. The molecular formula is C25H22N4O5S2. The summed E-state index contributed by atoms with van der Waals surface area (Å²) < 4.78 is 55.8. The van der Waals surface area contributed by atoms with Crippen molar-refractivity contribution in [2.75, 3.05) is 14.8 Å². The third kappa shape index (κ3) is 5.88. The van der Waals surface area contributed by atoms with Gasteiger partial charge in [0.05, 0.1) is 9.79 Å². The molecule has 0 radical (unpaired) electrons. The van der Waals surface area contributed by atoms with Crippen molar-refractivity contribution in [3.05, 3.63) is 108 Å². The number of hydrogen-bond donors (Lipinski definition) is 3. The van der Waals surface area contributed by atoms with Crippen molar-refractivity contribution in [1.82, 2.24) is 4.98 Å². The zero-order valence-corrected chi connectivity index (χ0v) is 20.7. The van der Waals surface area contributed by atoms with Crippen LogP contribution in [-0.4, -0.2) is 27.7 Å². The molecule has 3 aromatic carbocycles. The topological polar surface area (TPSA) is 134 Å². The number of aromatic nitrogens is 1. The number of amides is 1. The molecular weight excluding hydrogens is 500 g/mol. The molecule has 3 N–H and O–H groups in total. The Kier molecular flexibility index (Phi) is 7.04. The Morgan fingerprint density at radius 2 is 1.42 bits per heavy atom. The molecule has 0 spiro atoms. The molecule has 0 unspecified atom stereocenters. The Balaban J connectivity index is 1.50. The average Bonchev–Trinajstić information content (AvgIpc) is 2.85. The number of carbonyl (C=O) groups is 1. The highest BCUT2D eigenvalue weighted by molar-refractivity contribution is 7.93. The van der Waals surface area contributed by atoms with E-state index in [0.717, 1.165) is 0 Å². The van der Waals surface area contributed by atoms with E-state index in [9.17, 15) is 21.6 Å². The Bertz CT molecular complexity index is 1590. The molecule has 1 aromatic heterocycles. The molecule has 0 bridgehead atoms. The number of nitrogens with one attached hydrogen (secondary N) is 3. The maximum absolute atomic E-state index is 12.9. The largest absolute Gasteiger partial charge is 0.322 e. The molecule has 0 saturated carbocycles. The summed E-state index contributed by atoms with van der Waals surface area (Å²) in [4.78, 5) is 16.7. The van der Waals surface area contributed by atoms with Crippen LogP contribution in [0.5, 0.6) is 0 Å². The van der Waals surface area contributed by atoms with Gasteiger partial charge in [-0.1, -0.05) is 30.3 Å². The van der Waals surface area contributed by atoms with Crippen molar-refractivity contribution in [2.45, 2.75) is 16.7 Å². The summed E-state index contributed by atoms with van der Waals surface area (Å²) in [6.07, 6.45) is 1.47.